The Kier molecular flexibility index (Phi) is 6.33. The van der Waals surface area contributed by atoms with E-state index in [2.05, 4.69) is 33.0 Å². The number of amides is 3. The highest BCUT2D eigenvalue weighted by atomic mass is 16.2. The molecule has 1 unspecified atom stereocenters. The van der Waals surface area contributed by atoms with Gasteiger partial charge < -0.3 is 16.0 Å². The first kappa shape index (κ1) is 20.4. The highest BCUT2D eigenvalue weighted by Crippen LogP contribution is 2.31. The molecule has 0 radical (unpaired) electrons. The van der Waals surface area contributed by atoms with Gasteiger partial charge in [-0.05, 0) is 69.0 Å². The fourth-order valence-electron chi connectivity index (χ4n) is 3.97. The number of likely N-dealkylation sites (tertiary alicyclic amines) is 1. The van der Waals surface area contributed by atoms with Crippen molar-refractivity contribution in [3.05, 3.63) is 59.7 Å². The van der Waals surface area contributed by atoms with Gasteiger partial charge in [0.2, 0.25) is 5.91 Å². The molecule has 2 aliphatic rings. The predicted molar refractivity (Wildman–Crippen MR) is 120 cm³/mol. The van der Waals surface area contributed by atoms with Gasteiger partial charge in [-0.2, -0.15) is 0 Å². The first-order chi connectivity index (χ1) is 14.6. The van der Waals surface area contributed by atoms with E-state index in [4.69, 9.17) is 0 Å². The van der Waals surface area contributed by atoms with E-state index in [1.54, 1.807) is 0 Å². The third-order valence-electron chi connectivity index (χ3n) is 5.92. The third-order valence-corrected chi connectivity index (χ3v) is 5.92. The first-order valence-electron chi connectivity index (χ1n) is 10.9. The van der Waals surface area contributed by atoms with Crippen molar-refractivity contribution in [3.63, 3.8) is 0 Å². The summed E-state index contributed by atoms with van der Waals surface area (Å²) in [5.41, 5.74) is 3.60. The number of nitrogens with zero attached hydrogens (tertiary/aromatic N) is 1. The number of carbonyl (C=O) groups excluding carboxylic acids is 2. The molecule has 30 heavy (non-hydrogen) atoms. The number of carbonyl (C=O) groups is 2. The molecule has 1 aliphatic heterocycles. The van der Waals surface area contributed by atoms with Crippen molar-refractivity contribution in [1.82, 2.24) is 10.2 Å². The SMILES string of the molecule is Cc1ccc(NC(=O)C2CC2)cc1NC(=O)NCC(c1ccccc1)N1CCCC1. The van der Waals surface area contributed by atoms with E-state index in [9.17, 15) is 9.59 Å². The van der Waals surface area contributed by atoms with Gasteiger partial charge in [-0.15, -0.1) is 0 Å². The van der Waals surface area contributed by atoms with Crippen LogP contribution >= 0.6 is 0 Å². The zero-order valence-corrected chi connectivity index (χ0v) is 17.5. The normalized spacial score (nSPS) is 17.4. The molecular formula is C24H30N4O2. The molecule has 2 aromatic rings. The third kappa shape index (κ3) is 5.19. The summed E-state index contributed by atoms with van der Waals surface area (Å²) in [6, 6.07) is 15.9. The van der Waals surface area contributed by atoms with Gasteiger partial charge in [0.1, 0.15) is 0 Å². The monoisotopic (exact) mass is 406 g/mol. The van der Waals surface area contributed by atoms with E-state index < -0.39 is 0 Å². The van der Waals surface area contributed by atoms with Gasteiger partial charge >= 0.3 is 6.03 Å². The second-order valence-corrected chi connectivity index (χ2v) is 8.30. The van der Waals surface area contributed by atoms with Crippen molar-refractivity contribution in [3.8, 4) is 0 Å². The van der Waals surface area contributed by atoms with Crippen molar-refractivity contribution in [2.45, 2.75) is 38.6 Å². The molecule has 2 aromatic carbocycles. The molecule has 1 aliphatic carbocycles. The van der Waals surface area contributed by atoms with Crippen molar-refractivity contribution >= 4 is 23.3 Å². The predicted octanol–water partition coefficient (Wildman–Crippen LogP) is 4.30. The molecule has 158 valence electrons. The van der Waals surface area contributed by atoms with Crippen molar-refractivity contribution in [2.24, 2.45) is 5.92 Å². The fourth-order valence-corrected chi connectivity index (χ4v) is 3.97. The van der Waals surface area contributed by atoms with Crippen LogP contribution in [0.3, 0.4) is 0 Å². The van der Waals surface area contributed by atoms with Crippen LogP contribution in [0.2, 0.25) is 0 Å². The Balaban J connectivity index is 1.38. The molecule has 3 N–H and O–H groups in total. The van der Waals surface area contributed by atoms with Crippen LogP contribution in [0.25, 0.3) is 0 Å². The van der Waals surface area contributed by atoms with Crippen molar-refractivity contribution < 1.29 is 9.59 Å². The van der Waals surface area contributed by atoms with Gasteiger partial charge in [0.15, 0.2) is 0 Å². The van der Waals surface area contributed by atoms with E-state index in [-0.39, 0.29) is 23.9 Å². The van der Waals surface area contributed by atoms with Crippen LogP contribution < -0.4 is 16.0 Å². The van der Waals surface area contributed by atoms with Crippen molar-refractivity contribution in [2.75, 3.05) is 30.3 Å². The summed E-state index contributed by atoms with van der Waals surface area (Å²) in [4.78, 5) is 27.1. The van der Waals surface area contributed by atoms with Gasteiger partial charge in [-0.25, -0.2) is 4.79 Å². The lowest BCUT2D eigenvalue weighted by molar-refractivity contribution is -0.117. The molecule has 4 rings (SSSR count). The summed E-state index contributed by atoms with van der Waals surface area (Å²) in [5, 5.41) is 8.93. The molecule has 1 heterocycles. The molecule has 2 fully saturated rings. The van der Waals surface area contributed by atoms with Gasteiger partial charge in [-0.1, -0.05) is 36.4 Å². The van der Waals surface area contributed by atoms with E-state index >= 15 is 0 Å². The van der Waals surface area contributed by atoms with Gasteiger partial charge in [0, 0.05) is 23.8 Å². The maximum atomic E-state index is 12.6. The summed E-state index contributed by atoms with van der Waals surface area (Å²) < 4.78 is 0. The number of rotatable bonds is 7. The molecule has 1 saturated carbocycles. The zero-order valence-electron chi connectivity index (χ0n) is 17.5. The Morgan fingerprint density at radius 2 is 1.77 bits per heavy atom. The smallest absolute Gasteiger partial charge is 0.319 e. The minimum Gasteiger partial charge on any atom is -0.336 e. The molecule has 6 heteroatoms. The van der Waals surface area contributed by atoms with Gasteiger partial charge in [0.25, 0.3) is 0 Å². The Labute approximate surface area is 178 Å². The average Bonchev–Trinajstić information content (AvgIpc) is 3.47. The molecule has 0 spiro atoms. The largest absolute Gasteiger partial charge is 0.336 e. The molecule has 3 amide bonds. The summed E-state index contributed by atoms with van der Waals surface area (Å²) >= 11 is 0. The Hall–Kier alpha value is -2.86. The molecular weight excluding hydrogens is 376 g/mol. The zero-order chi connectivity index (χ0) is 20.9. The topological polar surface area (TPSA) is 73.5 Å². The maximum absolute atomic E-state index is 12.6. The minimum absolute atomic E-state index is 0.0607. The summed E-state index contributed by atoms with van der Waals surface area (Å²) in [6.45, 7) is 4.61. The van der Waals surface area contributed by atoms with Crippen molar-refractivity contribution in [1.29, 1.82) is 0 Å². The summed E-state index contributed by atoms with van der Waals surface area (Å²) in [7, 11) is 0. The Morgan fingerprint density at radius 1 is 1.03 bits per heavy atom. The van der Waals surface area contributed by atoms with Crippen LogP contribution in [-0.4, -0.2) is 36.5 Å². The van der Waals surface area contributed by atoms with Crippen LogP contribution in [0.4, 0.5) is 16.2 Å². The number of hydrogen-bond acceptors (Lipinski definition) is 3. The Bertz CT molecular complexity index is 889. The lowest BCUT2D eigenvalue weighted by Crippen LogP contribution is -2.38. The second kappa shape index (κ2) is 9.30. The van der Waals surface area contributed by atoms with Crippen LogP contribution in [0.5, 0.6) is 0 Å². The number of aryl methyl sites for hydroxylation is 1. The number of hydrogen-bond donors (Lipinski definition) is 3. The standard InChI is InChI=1S/C24H30N4O2/c1-17-9-12-20(26-23(29)19-10-11-19)15-21(17)27-24(30)25-16-22(28-13-5-6-14-28)18-7-3-2-4-8-18/h2-4,7-9,12,15,19,22H,5-6,10-11,13-14,16H2,1H3,(H,26,29)(H2,25,27,30). The van der Waals surface area contributed by atoms with E-state index in [1.807, 2.05) is 43.3 Å². The molecule has 6 nitrogen and oxygen atoms in total. The maximum Gasteiger partial charge on any atom is 0.319 e. The number of benzene rings is 2. The van der Waals surface area contributed by atoms with E-state index in [1.165, 1.54) is 18.4 Å². The molecule has 1 atom stereocenters. The molecule has 0 bridgehead atoms. The quantitative estimate of drug-likeness (QED) is 0.642. The molecule has 1 saturated heterocycles. The molecule has 0 aromatic heterocycles. The van der Waals surface area contributed by atoms with E-state index in [0.717, 1.165) is 31.5 Å². The second-order valence-electron chi connectivity index (χ2n) is 8.30. The highest BCUT2D eigenvalue weighted by molar-refractivity contribution is 5.96. The first-order valence-corrected chi connectivity index (χ1v) is 10.9. The van der Waals surface area contributed by atoms with Crippen LogP contribution in [0, 0.1) is 12.8 Å². The van der Waals surface area contributed by atoms with Crippen LogP contribution in [0.1, 0.15) is 42.9 Å². The average molecular weight is 407 g/mol. The van der Waals surface area contributed by atoms with Crippen LogP contribution in [-0.2, 0) is 4.79 Å². The van der Waals surface area contributed by atoms with Gasteiger partial charge in [-0.3, -0.25) is 9.69 Å². The number of urea groups is 1. The number of nitrogens with one attached hydrogen (secondary N) is 3. The highest BCUT2D eigenvalue weighted by Gasteiger charge is 2.29. The Morgan fingerprint density at radius 3 is 2.47 bits per heavy atom. The lowest BCUT2D eigenvalue weighted by Gasteiger charge is -2.28. The van der Waals surface area contributed by atoms with E-state index in [0.29, 0.717) is 17.9 Å². The fraction of sp³-hybridized carbons (Fsp3) is 0.417. The number of anilines is 2. The minimum atomic E-state index is -0.233. The summed E-state index contributed by atoms with van der Waals surface area (Å²) in [6.07, 6.45) is 4.33. The van der Waals surface area contributed by atoms with Crippen LogP contribution in [0.15, 0.2) is 48.5 Å². The van der Waals surface area contributed by atoms with Gasteiger partial charge in [0.05, 0.1) is 6.04 Å². The lowest BCUT2D eigenvalue weighted by atomic mass is 10.1. The summed E-state index contributed by atoms with van der Waals surface area (Å²) in [5.74, 6) is 0.206.